The molecule has 0 bridgehead atoms. The van der Waals surface area contributed by atoms with Crippen molar-refractivity contribution >= 4 is 29.5 Å². The molecule has 11 heteroatoms. The van der Waals surface area contributed by atoms with Crippen LogP contribution in [-0.4, -0.2) is 29.1 Å². The summed E-state index contributed by atoms with van der Waals surface area (Å²) in [5, 5.41) is 2.74. The molecule has 172 valence electrons. The summed E-state index contributed by atoms with van der Waals surface area (Å²) in [6.07, 6.45) is 6.03. The van der Waals surface area contributed by atoms with Gasteiger partial charge >= 0.3 is 66.9 Å². The third-order valence-corrected chi connectivity index (χ3v) is 5.81. The SMILES string of the molecule is CCCc1ncc(Cc2cnc3ccc(OP(=O)([O-])O)cc3c2)c2cc(OC)c(OC)cc12.[Na+].[Na+]. The van der Waals surface area contributed by atoms with Crippen molar-refractivity contribution in [1.29, 1.82) is 0 Å². The topological polar surface area (TPSA) is 114 Å². The first-order valence-corrected chi connectivity index (χ1v) is 12.0. The summed E-state index contributed by atoms with van der Waals surface area (Å²) in [7, 11) is -1.66. The van der Waals surface area contributed by atoms with Gasteiger partial charge in [-0.25, -0.2) is 0 Å². The van der Waals surface area contributed by atoms with Crippen LogP contribution >= 0.6 is 7.82 Å². The van der Waals surface area contributed by atoms with Gasteiger partial charge in [0.15, 0.2) is 11.5 Å². The fourth-order valence-electron chi connectivity index (χ4n) is 3.92. The van der Waals surface area contributed by atoms with Gasteiger partial charge in [0, 0.05) is 35.3 Å². The molecular weight excluding hydrogens is 489 g/mol. The van der Waals surface area contributed by atoms with Crippen LogP contribution in [-0.2, 0) is 17.4 Å². The minimum Gasteiger partial charge on any atom is -0.746 e. The predicted molar refractivity (Wildman–Crippen MR) is 124 cm³/mol. The van der Waals surface area contributed by atoms with Crippen LogP contribution in [0.2, 0.25) is 0 Å². The van der Waals surface area contributed by atoms with Crippen LogP contribution in [0.5, 0.6) is 17.2 Å². The second-order valence-electron chi connectivity index (χ2n) is 7.67. The van der Waals surface area contributed by atoms with Crippen LogP contribution in [0.15, 0.2) is 48.8 Å². The maximum atomic E-state index is 11.1. The Hall–Kier alpha value is -1.19. The number of benzene rings is 2. The molecule has 1 N–H and O–H groups in total. The molecule has 0 saturated carbocycles. The van der Waals surface area contributed by atoms with Crippen LogP contribution in [0.4, 0.5) is 0 Å². The molecule has 0 aliphatic heterocycles. The number of pyridine rings is 2. The first-order chi connectivity index (χ1) is 15.8. The largest absolute Gasteiger partial charge is 1.00 e. The zero-order valence-electron chi connectivity index (χ0n) is 20.6. The smallest absolute Gasteiger partial charge is 0.746 e. The molecule has 4 rings (SSSR count). The average molecular weight is 513 g/mol. The van der Waals surface area contributed by atoms with Gasteiger partial charge < -0.3 is 23.8 Å². The monoisotopic (exact) mass is 513 g/mol. The van der Waals surface area contributed by atoms with E-state index in [9.17, 15) is 9.46 Å². The Bertz CT molecular complexity index is 1380. The number of hydrogen-bond acceptors (Lipinski definition) is 7. The van der Waals surface area contributed by atoms with Gasteiger partial charge in [-0.2, -0.15) is 0 Å². The number of methoxy groups -OCH3 is 2. The molecule has 0 radical (unpaired) electrons. The summed E-state index contributed by atoms with van der Waals surface area (Å²) < 4.78 is 26.7. The molecule has 0 aliphatic rings. The molecule has 35 heavy (non-hydrogen) atoms. The Morgan fingerprint density at radius 1 is 0.971 bits per heavy atom. The van der Waals surface area contributed by atoms with E-state index in [1.54, 1.807) is 26.5 Å². The van der Waals surface area contributed by atoms with Crippen LogP contribution in [0.25, 0.3) is 21.7 Å². The minimum absolute atomic E-state index is 0. The molecule has 4 aromatic rings. The minimum atomic E-state index is -4.89. The first kappa shape index (κ1) is 30.0. The maximum Gasteiger partial charge on any atom is 1.00 e. The molecule has 2 aromatic heterocycles. The van der Waals surface area contributed by atoms with Crippen LogP contribution in [0.3, 0.4) is 0 Å². The summed E-state index contributed by atoms with van der Waals surface area (Å²) in [5.41, 5.74) is 3.59. The molecular formula is C24H24N2Na2O6P+. The van der Waals surface area contributed by atoms with Gasteiger partial charge in [0.2, 0.25) is 0 Å². The second-order valence-corrected chi connectivity index (χ2v) is 8.79. The third kappa shape index (κ3) is 7.19. The number of aryl methyl sites for hydroxylation is 1. The van der Waals surface area contributed by atoms with Gasteiger partial charge in [-0.15, -0.1) is 0 Å². The third-order valence-electron chi connectivity index (χ3n) is 5.37. The van der Waals surface area contributed by atoms with Gasteiger partial charge in [0.05, 0.1) is 19.7 Å². The van der Waals surface area contributed by atoms with E-state index in [0.717, 1.165) is 40.4 Å². The van der Waals surface area contributed by atoms with Crippen LogP contribution < -0.4 is 78.0 Å². The van der Waals surface area contributed by atoms with E-state index < -0.39 is 7.82 Å². The molecule has 8 nitrogen and oxygen atoms in total. The molecule has 2 heterocycles. The summed E-state index contributed by atoms with van der Waals surface area (Å²) in [6.45, 7) is 2.11. The first-order valence-electron chi connectivity index (χ1n) is 10.5. The van der Waals surface area contributed by atoms with Gasteiger partial charge in [-0.1, -0.05) is 13.3 Å². The van der Waals surface area contributed by atoms with Gasteiger partial charge in [-0.05, 0) is 59.3 Å². The van der Waals surface area contributed by atoms with Crippen molar-refractivity contribution in [2.45, 2.75) is 26.2 Å². The number of phosphoric ester groups is 1. The molecule has 0 spiro atoms. The van der Waals surface area contributed by atoms with Gasteiger partial charge in [0.25, 0.3) is 0 Å². The molecule has 1 unspecified atom stereocenters. The molecule has 1 atom stereocenters. The van der Waals surface area contributed by atoms with E-state index in [-0.39, 0.29) is 64.9 Å². The number of nitrogens with zero attached hydrogens (tertiary/aromatic N) is 2. The van der Waals surface area contributed by atoms with Crippen LogP contribution in [0, 0.1) is 0 Å². The Kier molecular flexibility index (Phi) is 11.0. The van der Waals surface area contributed by atoms with E-state index in [1.807, 2.05) is 24.4 Å². The van der Waals surface area contributed by atoms with Crippen molar-refractivity contribution in [3.05, 3.63) is 65.6 Å². The van der Waals surface area contributed by atoms with Crippen molar-refractivity contribution in [2.24, 2.45) is 0 Å². The number of rotatable bonds is 8. The quantitative estimate of drug-likeness (QED) is 0.217. The number of ether oxygens (including phenoxy) is 2. The predicted octanol–water partition coefficient (Wildman–Crippen LogP) is -1.81. The fourth-order valence-corrected chi connectivity index (χ4v) is 4.30. The van der Waals surface area contributed by atoms with Crippen molar-refractivity contribution in [2.75, 3.05) is 14.2 Å². The van der Waals surface area contributed by atoms with Gasteiger partial charge in [0.1, 0.15) is 5.75 Å². The average Bonchev–Trinajstić information content (AvgIpc) is 2.78. The van der Waals surface area contributed by atoms with Crippen molar-refractivity contribution < 1.29 is 87.5 Å². The zero-order chi connectivity index (χ0) is 23.6. The Labute approximate surface area is 248 Å². The Balaban J connectivity index is 0.00000216. The van der Waals surface area contributed by atoms with E-state index >= 15 is 0 Å². The molecule has 0 fully saturated rings. The molecule has 0 saturated heterocycles. The number of aromatic nitrogens is 2. The molecule has 0 amide bonds. The Morgan fingerprint density at radius 3 is 2.29 bits per heavy atom. The maximum absolute atomic E-state index is 11.1. The summed E-state index contributed by atoms with van der Waals surface area (Å²) in [6, 6.07) is 10.5. The fraction of sp³-hybridized carbons (Fsp3) is 0.250. The Morgan fingerprint density at radius 2 is 1.66 bits per heavy atom. The normalized spacial score (nSPS) is 12.4. The van der Waals surface area contributed by atoms with E-state index in [1.165, 1.54) is 12.1 Å². The number of fused-ring (bicyclic) bond motifs is 2. The number of hydrogen-bond donors (Lipinski definition) is 1. The van der Waals surface area contributed by atoms with Crippen molar-refractivity contribution in [3.8, 4) is 17.2 Å². The summed E-state index contributed by atoms with van der Waals surface area (Å²) in [4.78, 5) is 29.2. The van der Waals surface area contributed by atoms with Gasteiger partial charge in [-0.3, -0.25) is 14.5 Å². The summed E-state index contributed by atoms with van der Waals surface area (Å²) >= 11 is 0. The van der Waals surface area contributed by atoms with Crippen molar-refractivity contribution in [1.82, 2.24) is 9.97 Å². The zero-order valence-corrected chi connectivity index (χ0v) is 25.5. The molecule has 2 aromatic carbocycles. The van der Waals surface area contributed by atoms with E-state index in [4.69, 9.17) is 19.4 Å². The second kappa shape index (κ2) is 12.9. The van der Waals surface area contributed by atoms with E-state index in [0.29, 0.717) is 28.8 Å². The van der Waals surface area contributed by atoms with Crippen molar-refractivity contribution in [3.63, 3.8) is 0 Å². The van der Waals surface area contributed by atoms with Crippen LogP contribution in [0.1, 0.15) is 30.2 Å². The summed E-state index contributed by atoms with van der Waals surface area (Å²) in [5.74, 6) is 1.32. The molecule has 0 aliphatic carbocycles. The standard InChI is InChI=1S/C24H25N2O6P.2Na/c1-4-5-22-20-12-24(31-3)23(30-2)11-19(20)17(14-26-22)9-15-8-16-10-18(32-33(27,28)29)6-7-21(16)25-13-15;;/h6-8,10-14H,4-5,9H2,1-3H3,(H2,27,28,29);;/q;2*+1/p-1. The van der Waals surface area contributed by atoms with E-state index in [2.05, 4.69) is 16.4 Å². The number of phosphoric acid groups is 1.